The quantitative estimate of drug-likeness (QED) is 0.822. The van der Waals surface area contributed by atoms with Gasteiger partial charge in [-0.1, -0.05) is 12.8 Å². The van der Waals surface area contributed by atoms with Crippen LogP contribution in [0.5, 0.6) is 0 Å². The second-order valence-corrected chi connectivity index (χ2v) is 4.36. The Morgan fingerprint density at radius 3 is 2.88 bits per heavy atom. The molecule has 2 rings (SSSR count). The summed E-state index contributed by atoms with van der Waals surface area (Å²) in [5.74, 6) is 0.579. The molecule has 1 saturated carbocycles. The van der Waals surface area contributed by atoms with E-state index in [1.54, 1.807) is 12.3 Å². The molecule has 0 bridgehead atoms. The Bertz CT molecular complexity index is 337. The largest absolute Gasteiger partial charge is 0.363 e. The maximum absolute atomic E-state index is 13.4. The molecule has 0 radical (unpaired) electrons. The van der Waals surface area contributed by atoms with Gasteiger partial charge >= 0.3 is 0 Å². The van der Waals surface area contributed by atoms with Gasteiger partial charge in [0.05, 0.1) is 0 Å². The molecule has 1 heterocycles. The van der Waals surface area contributed by atoms with E-state index in [0.717, 1.165) is 0 Å². The lowest BCUT2D eigenvalue weighted by molar-refractivity contribution is 0.458. The molecular formula is C12H18FN3. The Morgan fingerprint density at radius 2 is 2.25 bits per heavy atom. The molecule has 1 aliphatic carbocycles. The number of anilines is 1. The fraction of sp³-hybridized carbons (Fsp3) is 0.583. The Morgan fingerprint density at radius 1 is 1.50 bits per heavy atom. The molecule has 0 amide bonds. The summed E-state index contributed by atoms with van der Waals surface area (Å²) in [4.78, 5) is 4.00. The molecule has 1 aliphatic rings. The highest BCUT2D eigenvalue weighted by Gasteiger charge is 2.24. The standard InChI is InChI=1S/C12H18FN3/c13-10-6-3-7-15-12(10)16-11(8-14)9-4-1-2-5-9/h3,6-7,9,11H,1-2,4-5,8,14H2,(H,15,16). The van der Waals surface area contributed by atoms with E-state index in [4.69, 9.17) is 5.73 Å². The third-order valence-corrected chi connectivity index (χ3v) is 3.30. The summed E-state index contributed by atoms with van der Waals surface area (Å²) < 4.78 is 13.4. The highest BCUT2D eigenvalue weighted by molar-refractivity contribution is 5.37. The van der Waals surface area contributed by atoms with Gasteiger partial charge in [-0.25, -0.2) is 9.37 Å². The highest BCUT2D eigenvalue weighted by Crippen LogP contribution is 2.29. The first-order valence-electron chi connectivity index (χ1n) is 5.88. The zero-order valence-corrected chi connectivity index (χ0v) is 9.32. The second kappa shape index (κ2) is 5.25. The lowest BCUT2D eigenvalue weighted by Gasteiger charge is -2.23. The summed E-state index contributed by atoms with van der Waals surface area (Å²) in [7, 11) is 0. The van der Waals surface area contributed by atoms with Crippen molar-refractivity contribution in [2.45, 2.75) is 31.7 Å². The zero-order valence-electron chi connectivity index (χ0n) is 9.32. The number of nitrogens with one attached hydrogen (secondary N) is 1. The van der Waals surface area contributed by atoms with E-state index < -0.39 is 0 Å². The minimum Gasteiger partial charge on any atom is -0.363 e. The average molecular weight is 223 g/mol. The summed E-state index contributed by atoms with van der Waals surface area (Å²) in [5, 5.41) is 3.13. The summed E-state index contributed by atoms with van der Waals surface area (Å²) >= 11 is 0. The highest BCUT2D eigenvalue weighted by atomic mass is 19.1. The van der Waals surface area contributed by atoms with Gasteiger partial charge in [-0.15, -0.1) is 0 Å². The molecule has 4 heteroatoms. The fourth-order valence-electron chi connectivity index (χ4n) is 2.40. The minimum absolute atomic E-state index is 0.145. The van der Waals surface area contributed by atoms with E-state index in [-0.39, 0.29) is 11.9 Å². The smallest absolute Gasteiger partial charge is 0.165 e. The number of halogens is 1. The molecule has 3 N–H and O–H groups in total. The molecule has 3 nitrogen and oxygen atoms in total. The Kier molecular flexibility index (Phi) is 3.72. The predicted octanol–water partition coefficient (Wildman–Crippen LogP) is 2.15. The van der Waals surface area contributed by atoms with Crippen LogP contribution >= 0.6 is 0 Å². The molecule has 1 aromatic rings. The van der Waals surface area contributed by atoms with E-state index in [0.29, 0.717) is 18.3 Å². The molecule has 0 saturated heterocycles. The van der Waals surface area contributed by atoms with Crippen molar-refractivity contribution in [3.05, 3.63) is 24.1 Å². The third kappa shape index (κ3) is 2.50. The van der Waals surface area contributed by atoms with E-state index in [9.17, 15) is 4.39 Å². The first kappa shape index (κ1) is 11.3. The monoisotopic (exact) mass is 223 g/mol. The van der Waals surface area contributed by atoms with Crippen LogP contribution in [0.2, 0.25) is 0 Å². The number of nitrogens with zero attached hydrogens (tertiary/aromatic N) is 1. The van der Waals surface area contributed by atoms with Gasteiger partial charge in [0.15, 0.2) is 11.6 Å². The Labute approximate surface area is 95.3 Å². The topological polar surface area (TPSA) is 50.9 Å². The van der Waals surface area contributed by atoms with E-state index in [1.165, 1.54) is 31.7 Å². The van der Waals surface area contributed by atoms with Gasteiger partial charge in [-0.05, 0) is 30.9 Å². The van der Waals surface area contributed by atoms with Gasteiger partial charge in [-0.3, -0.25) is 0 Å². The molecule has 88 valence electrons. The Balaban J connectivity index is 2.03. The Hall–Kier alpha value is -1.16. The van der Waals surface area contributed by atoms with Crippen LogP contribution in [0.3, 0.4) is 0 Å². The molecule has 16 heavy (non-hydrogen) atoms. The minimum atomic E-state index is -0.307. The fourth-order valence-corrected chi connectivity index (χ4v) is 2.40. The van der Waals surface area contributed by atoms with Crippen molar-refractivity contribution in [2.24, 2.45) is 11.7 Å². The van der Waals surface area contributed by atoms with Crippen LogP contribution in [0.1, 0.15) is 25.7 Å². The van der Waals surface area contributed by atoms with Crippen molar-refractivity contribution >= 4 is 5.82 Å². The van der Waals surface area contributed by atoms with Gasteiger partial charge in [0, 0.05) is 18.8 Å². The van der Waals surface area contributed by atoms with Gasteiger partial charge < -0.3 is 11.1 Å². The SMILES string of the molecule is NCC(Nc1ncccc1F)C1CCCC1. The summed E-state index contributed by atoms with van der Waals surface area (Å²) in [6.45, 7) is 0.528. The van der Waals surface area contributed by atoms with Crippen LogP contribution in [0.25, 0.3) is 0 Å². The van der Waals surface area contributed by atoms with Gasteiger partial charge in [-0.2, -0.15) is 0 Å². The van der Waals surface area contributed by atoms with Crippen molar-refractivity contribution in [3.63, 3.8) is 0 Å². The number of aromatic nitrogens is 1. The van der Waals surface area contributed by atoms with Crippen LogP contribution < -0.4 is 11.1 Å². The first-order chi connectivity index (χ1) is 7.81. The number of hydrogen-bond donors (Lipinski definition) is 2. The van der Waals surface area contributed by atoms with E-state index in [2.05, 4.69) is 10.3 Å². The van der Waals surface area contributed by atoms with Crippen LogP contribution in [0.4, 0.5) is 10.2 Å². The molecule has 0 aliphatic heterocycles. The van der Waals surface area contributed by atoms with Crippen molar-refractivity contribution in [2.75, 3.05) is 11.9 Å². The van der Waals surface area contributed by atoms with Crippen molar-refractivity contribution in [1.82, 2.24) is 4.98 Å². The van der Waals surface area contributed by atoms with Crippen molar-refractivity contribution in [3.8, 4) is 0 Å². The zero-order chi connectivity index (χ0) is 11.4. The van der Waals surface area contributed by atoms with Gasteiger partial charge in [0.25, 0.3) is 0 Å². The molecule has 1 atom stereocenters. The maximum Gasteiger partial charge on any atom is 0.165 e. The molecule has 0 aromatic carbocycles. The summed E-state index contributed by atoms with van der Waals surface area (Å²) in [6.07, 6.45) is 6.47. The number of pyridine rings is 1. The molecule has 1 fully saturated rings. The molecule has 0 spiro atoms. The van der Waals surface area contributed by atoms with Gasteiger partial charge in [0.2, 0.25) is 0 Å². The number of nitrogens with two attached hydrogens (primary N) is 1. The first-order valence-corrected chi connectivity index (χ1v) is 5.88. The summed E-state index contributed by atoms with van der Waals surface area (Å²) in [5.41, 5.74) is 5.74. The van der Waals surface area contributed by atoms with Crippen LogP contribution in [-0.2, 0) is 0 Å². The van der Waals surface area contributed by atoms with E-state index >= 15 is 0 Å². The normalized spacial score (nSPS) is 18.6. The van der Waals surface area contributed by atoms with Crippen LogP contribution in [-0.4, -0.2) is 17.6 Å². The predicted molar refractivity (Wildman–Crippen MR) is 62.6 cm³/mol. The lowest BCUT2D eigenvalue weighted by atomic mass is 9.98. The van der Waals surface area contributed by atoms with Gasteiger partial charge in [0.1, 0.15) is 0 Å². The van der Waals surface area contributed by atoms with Crippen molar-refractivity contribution in [1.29, 1.82) is 0 Å². The maximum atomic E-state index is 13.4. The van der Waals surface area contributed by atoms with Crippen LogP contribution in [0, 0.1) is 11.7 Å². The number of rotatable bonds is 4. The molecule has 1 aromatic heterocycles. The van der Waals surface area contributed by atoms with E-state index in [1.807, 2.05) is 0 Å². The molecule has 1 unspecified atom stereocenters. The second-order valence-electron chi connectivity index (χ2n) is 4.36. The number of hydrogen-bond acceptors (Lipinski definition) is 3. The third-order valence-electron chi connectivity index (χ3n) is 3.30. The molecular weight excluding hydrogens is 205 g/mol. The van der Waals surface area contributed by atoms with Crippen LogP contribution in [0.15, 0.2) is 18.3 Å². The lowest BCUT2D eigenvalue weighted by Crippen LogP contribution is -2.35. The average Bonchev–Trinajstić information content (AvgIpc) is 2.81. The van der Waals surface area contributed by atoms with Crippen molar-refractivity contribution < 1.29 is 4.39 Å². The summed E-state index contributed by atoms with van der Waals surface area (Å²) in [6, 6.07) is 3.15.